The quantitative estimate of drug-likeness (QED) is 0.522. The normalized spacial score (nSPS) is 28.5. The minimum absolute atomic E-state index is 0.885. The first-order chi connectivity index (χ1) is 6.38. The van der Waals surface area contributed by atoms with E-state index in [0.717, 1.165) is 17.4 Å². The molecule has 0 N–H and O–H groups in total. The van der Waals surface area contributed by atoms with Gasteiger partial charge in [-0.2, -0.15) is 0 Å². The summed E-state index contributed by atoms with van der Waals surface area (Å²) in [6, 6.07) is 6.53. The third kappa shape index (κ3) is 1.00. The Kier molecular flexibility index (Phi) is 1.32. The molecule has 2 atom stereocenters. The van der Waals surface area contributed by atoms with Crippen molar-refractivity contribution in [2.24, 2.45) is 5.92 Å². The van der Waals surface area contributed by atoms with Crippen LogP contribution < -0.4 is 0 Å². The van der Waals surface area contributed by atoms with Gasteiger partial charge in [-0.05, 0) is 54.4 Å². The van der Waals surface area contributed by atoms with Gasteiger partial charge in [0.15, 0.2) is 0 Å². The molecule has 1 aromatic carbocycles. The smallest absolute Gasteiger partial charge is 0.0245 e. The number of hydrogen-bond donors (Lipinski definition) is 0. The van der Waals surface area contributed by atoms with Crippen molar-refractivity contribution < 1.29 is 0 Å². The molecule has 2 aliphatic carbocycles. The Morgan fingerprint density at radius 3 is 3.15 bits per heavy atom. The Morgan fingerprint density at radius 2 is 2.31 bits per heavy atom. The fourth-order valence-electron chi connectivity index (χ4n) is 2.56. The average Bonchev–Trinajstić information content (AvgIpc) is 2.95. The molecular weight excluding hydrogens is 156 g/mol. The first-order valence-corrected chi connectivity index (χ1v) is 4.98. The highest BCUT2D eigenvalue weighted by Gasteiger charge is 2.41. The van der Waals surface area contributed by atoms with Gasteiger partial charge in [-0.1, -0.05) is 12.0 Å². The van der Waals surface area contributed by atoms with Crippen molar-refractivity contribution in [1.82, 2.24) is 0 Å². The first-order valence-electron chi connectivity index (χ1n) is 4.98. The molecule has 13 heavy (non-hydrogen) atoms. The molecular formula is C13H12. The SMILES string of the molecule is C#Cc1ccc2c(c1)CC[C@H]1C[C@@H]21. The number of fused-ring (bicyclic) bond motifs is 3. The molecule has 0 heterocycles. The molecule has 0 spiro atoms. The summed E-state index contributed by atoms with van der Waals surface area (Å²) in [5.41, 5.74) is 4.13. The van der Waals surface area contributed by atoms with Crippen molar-refractivity contribution in [3.8, 4) is 12.3 Å². The third-order valence-electron chi connectivity index (χ3n) is 3.42. The minimum atomic E-state index is 0.885. The van der Waals surface area contributed by atoms with Crippen LogP contribution in [0.25, 0.3) is 0 Å². The third-order valence-corrected chi connectivity index (χ3v) is 3.42. The van der Waals surface area contributed by atoms with E-state index in [1.807, 2.05) is 0 Å². The lowest BCUT2D eigenvalue weighted by Crippen LogP contribution is -2.01. The highest BCUT2D eigenvalue weighted by atomic mass is 14.5. The fourth-order valence-corrected chi connectivity index (χ4v) is 2.56. The molecule has 1 aromatic rings. The lowest BCUT2D eigenvalue weighted by Gasteiger charge is -2.14. The molecule has 0 amide bonds. The van der Waals surface area contributed by atoms with Crippen LogP contribution in [-0.4, -0.2) is 0 Å². The van der Waals surface area contributed by atoms with Gasteiger partial charge >= 0.3 is 0 Å². The van der Waals surface area contributed by atoms with E-state index in [2.05, 4.69) is 24.1 Å². The Morgan fingerprint density at radius 1 is 1.38 bits per heavy atom. The van der Waals surface area contributed by atoms with Gasteiger partial charge in [-0.15, -0.1) is 6.42 Å². The lowest BCUT2D eigenvalue weighted by atomic mass is 9.90. The number of terminal acetylenes is 1. The summed E-state index contributed by atoms with van der Waals surface area (Å²) in [4.78, 5) is 0. The molecule has 0 unspecified atom stereocenters. The van der Waals surface area contributed by atoms with E-state index < -0.39 is 0 Å². The maximum Gasteiger partial charge on any atom is 0.0245 e. The van der Waals surface area contributed by atoms with Gasteiger partial charge in [0.1, 0.15) is 0 Å². The zero-order valence-electron chi connectivity index (χ0n) is 7.59. The van der Waals surface area contributed by atoms with Gasteiger partial charge in [0.2, 0.25) is 0 Å². The second-order valence-electron chi connectivity index (χ2n) is 4.20. The molecule has 64 valence electrons. The van der Waals surface area contributed by atoms with E-state index in [-0.39, 0.29) is 0 Å². The summed E-state index contributed by atoms with van der Waals surface area (Å²) >= 11 is 0. The zero-order chi connectivity index (χ0) is 8.84. The van der Waals surface area contributed by atoms with E-state index in [1.165, 1.54) is 24.8 Å². The molecule has 0 saturated heterocycles. The van der Waals surface area contributed by atoms with Gasteiger partial charge in [0.25, 0.3) is 0 Å². The largest absolute Gasteiger partial charge is 0.115 e. The number of benzene rings is 1. The van der Waals surface area contributed by atoms with Gasteiger partial charge in [0.05, 0.1) is 0 Å². The summed E-state index contributed by atoms with van der Waals surface area (Å²) in [7, 11) is 0. The standard InChI is InChI=1S/C13H12/c1-2-9-3-6-12-10(7-9)4-5-11-8-13(11)12/h1,3,6-7,11,13H,4-5,8H2/t11-,13+/m0/s1. The fraction of sp³-hybridized carbons (Fsp3) is 0.385. The summed E-state index contributed by atoms with van der Waals surface area (Å²) < 4.78 is 0. The Balaban J connectivity index is 2.11. The van der Waals surface area contributed by atoms with Crippen LogP contribution in [0.15, 0.2) is 18.2 Å². The second-order valence-corrected chi connectivity index (χ2v) is 4.20. The molecule has 0 heteroatoms. The highest BCUT2D eigenvalue weighted by Crippen LogP contribution is 2.54. The summed E-state index contributed by atoms with van der Waals surface area (Å²) in [5.74, 6) is 4.59. The van der Waals surface area contributed by atoms with E-state index in [9.17, 15) is 0 Å². The monoisotopic (exact) mass is 168 g/mol. The topological polar surface area (TPSA) is 0 Å². The van der Waals surface area contributed by atoms with Crippen molar-refractivity contribution in [3.05, 3.63) is 34.9 Å². The van der Waals surface area contributed by atoms with E-state index >= 15 is 0 Å². The molecule has 1 saturated carbocycles. The zero-order valence-corrected chi connectivity index (χ0v) is 7.59. The molecule has 0 aromatic heterocycles. The number of hydrogen-bond acceptors (Lipinski definition) is 0. The van der Waals surface area contributed by atoms with Gasteiger partial charge in [-0.3, -0.25) is 0 Å². The van der Waals surface area contributed by atoms with Crippen molar-refractivity contribution in [2.45, 2.75) is 25.2 Å². The van der Waals surface area contributed by atoms with E-state index in [4.69, 9.17) is 6.42 Å². The van der Waals surface area contributed by atoms with Crippen LogP contribution in [-0.2, 0) is 6.42 Å². The van der Waals surface area contributed by atoms with Crippen molar-refractivity contribution in [3.63, 3.8) is 0 Å². The van der Waals surface area contributed by atoms with Crippen LogP contribution in [0.5, 0.6) is 0 Å². The van der Waals surface area contributed by atoms with Crippen molar-refractivity contribution in [2.75, 3.05) is 0 Å². The Hall–Kier alpha value is -1.22. The summed E-state index contributed by atoms with van der Waals surface area (Å²) in [5, 5.41) is 0. The lowest BCUT2D eigenvalue weighted by molar-refractivity contribution is 0.667. The maximum absolute atomic E-state index is 5.38. The van der Waals surface area contributed by atoms with Crippen LogP contribution in [0.3, 0.4) is 0 Å². The molecule has 2 aliphatic rings. The predicted octanol–water partition coefficient (Wildman–Crippen LogP) is 2.72. The van der Waals surface area contributed by atoms with Crippen molar-refractivity contribution >= 4 is 0 Å². The summed E-state index contributed by atoms with van der Waals surface area (Å²) in [6.07, 6.45) is 9.42. The second kappa shape index (κ2) is 2.39. The van der Waals surface area contributed by atoms with Crippen LogP contribution >= 0.6 is 0 Å². The van der Waals surface area contributed by atoms with Gasteiger partial charge in [-0.25, -0.2) is 0 Å². The van der Waals surface area contributed by atoms with Crippen molar-refractivity contribution in [1.29, 1.82) is 0 Å². The Labute approximate surface area is 79.0 Å². The summed E-state index contributed by atoms with van der Waals surface area (Å²) in [6.45, 7) is 0. The molecule has 3 rings (SSSR count). The molecule has 0 bridgehead atoms. The maximum atomic E-state index is 5.38. The van der Waals surface area contributed by atoms with Crippen LogP contribution in [0.2, 0.25) is 0 Å². The molecule has 0 aliphatic heterocycles. The first kappa shape index (κ1) is 7.21. The average molecular weight is 168 g/mol. The van der Waals surface area contributed by atoms with Crippen LogP contribution in [0.1, 0.15) is 35.4 Å². The highest BCUT2D eigenvalue weighted by molar-refractivity contribution is 5.44. The van der Waals surface area contributed by atoms with Crippen LogP contribution in [0.4, 0.5) is 0 Å². The van der Waals surface area contributed by atoms with E-state index in [0.29, 0.717) is 0 Å². The molecule has 1 fully saturated rings. The van der Waals surface area contributed by atoms with Gasteiger partial charge < -0.3 is 0 Å². The minimum Gasteiger partial charge on any atom is -0.115 e. The van der Waals surface area contributed by atoms with E-state index in [1.54, 1.807) is 5.56 Å². The molecule has 0 nitrogen and oxygen atoms in total. The van der Waals surface area contributed by atoms with Crippen LogP contribution in [0, 0.1) is 18.3 Å². The Bertz CT molecular complexity index is 395. The number of aryl methyl sites for hydroxylation is 1. The predicted molar refractivity (Wildman–Crippen MR) is 53.5 cm³/mol. The van der Waals surface area contributed by atoms with Gasteiger partial charge in [0, 0.05) is 5.56 Å². The number of rotatable bonds is 0. The molecule has 0 radical (unpaired) electrons.